The highest BCUT2D eigenvalue weighted by atomic mass is 35.5. The lowest BCUT2D eigenvalue weighted by molar-refractivity contribution is -0.271. The van der Waals surface area contributed by atoms with E-state index in [1.807, 2.05) is 0 Å². The Morgan fingerprint density at radius 1 is 1.33 bits per heavy atom. The number of carbonyl (C=O) groups is 1. The minimum absolute atomic E-state index is 0.115. The summed E-state index contributed by atoms with van der Waals surface area (Å²) >= 11 is 5.40. The third kappa shape index (κ3) is 2.75. The third-order valence-corrected chi connectivity index (χ3v) is 4.75. The SMILES string of the molecule is COc1c(C2C(C(=O)Cl)OC(C)(C(F)(F)F)C2C)ccc(F)c1F. The van der Waals surface area contributed by atoms with Gasteiger partial charge in [-0.25, -0.2) is 4.39 Å². The van der Waals surface area contributed by atoms with E-state index in [2.05, 4.69) is 0 Å². The van der Waals surface area contributed by atoms with E-state index in [0.29, 0.717) is 0 Å². The van der Waals surface area contributed by atoms with Crippen molar-refractivity contribution >= 4 is 16.8 Å². The molecule has 1 aromatic carbocycles. The Kier molecular flexibility index (Phi) is 4.85. The molecule has 1 fully saturated rings. The lowest BCUT2D eigenvalue weighted by Crippen LogP contribution is -2.47. The highest BCUT2D eigenvalue weighted by Gasteiger charge is 2.65. The molecule has 1 heterocycles. The summed E-state index contributed by atoms with van der Waals surface area (Å²) in [5, 5.41) is -1.16. The zero-order chi connectivity index (χ0) is 18.4. The second-order valence-corrected chi connectivity index (χ2v) is 6.12. The van der Waals surface area contributed by atoms with E-state index in [1.54, 1.807) is 0 Å². The summed E-state index contributed by atoms with van der Waals surface area (Å²) in [6.45, 7) is 2.00. The van der Waals surface area contributed by atoms with Crippen LogP contribution in [-0.2, 0) is 9.53 Å². The van der Waals surface area contributed by atoms with Crippen LogP contribution in [0.5, 0.6) is 5.75 Å². The number of hydrogen-bond acceptors (Lipinski definition) is 3. The molecular formula is C15H14ClF5O3. The average Bonchev–Trinajstić information content (AvgIpc) is 2.75. The van der Waals surface area contributed by atoms with Gasteiger partial charge in [-0.2, -0.15) is 17.6 Å². The van der Waals surface area contributed by atoms with E-state index in [-0.39, 0.29) is 5.56 Å². The minimum atomic E-state index is -4.79. The van der Waals surface area contributed by atoms with E-state index in [4.69, 9.17) is 21.1 Å². The van der Waals surface area contributed by atoms with Gasteiger partial charge in [-0.1, -0.05) is 13.0 Å². The quantitative estimate of drug-likeness (QED) is 0.590. The van der Waals surface area contributed by atoms with Crippen molar-refractivity contribution < 1.29 is 36.2 Å². The Hall–Kier alpha value is -1.41. The van der Waals surface area contributed by atoms with Gasteiger partial charge in [0.15, 0.2) is 17.2 Å². The second-order valence-electron chi connectivity index (χ2n) is 5.75. The highest BCUT2D eigenvalue weighted by molar-refractivity contribution is 6.64. The predicted octanol–water partition coefficient (Wildman–Crippen LogP) is 4.18. The van der Waals surface area contributed by atoms with Gasteiger partial charge in [-0.3, -0.25) is 4.79 Å². The molecule has 0 aliphatic carbocycles. The Morgan fingerprint density at radius 3 is 2.38 bits per heavy atom. The van der Waals surface area contributed by atoms with Crippen LogP contribution in [-0.4, -0.2) is 30.2 Å². The summed E-state index contributed by atoms with van der Waals surface area (Å²) in [4.78, 5) is 11.6. The summed E-state index contributed by atoms with van der Waals surface area (Å²) in [7, 11) is 1.04. The van der Waals surface area contributed by atoms with Crippen molar-refractivity contribution in [2.45, 2.75) is 37.6 Å². The molecule has 0 bridgehead atoms. The topological polar surface area (TPSA) is 35.5 Å². The number of benzene rings is 1. The third-order valence-electron chi connectivity index (χ3n) is 4.54. The van der Waals surface area contributed by atoms with Crippen LogP contribution in [0.2, 0.25) is 0 Å². The minimum Gasteiger partial charge on any atom is -0.493 e. The molecule has 0 aromatic heterocycles. The van der Waals surface area contributed by atoms with Gasteiger partial charge >= 0.3 is 6.18 Å². The molecule has 4 unspecified atom stereocenters. The zero-order valence-corrected chi connectivity index (χ0v) is 13.6. The second kappa shape index (κ2) is 6.15. The molecule has 2 rings (SSSR count). The van der Waals surface area contributed by atoms with Gasteiger partial charge in [-0.15, -0.1) is 0 Å². The van der Waals surface area contributed by atoms with Gasteiger partial charge in [0.05, 0.1) is 7.11 Å². The van der Waals surface area contributed by atoms with Crippen LogP contribution >= 0.6 is 11.6 Å². The lowest BCUT2D eigenvalue weighted by Gasteiger charge is -2.32. The fourth-order valence-electron chi connectivity index (χ4n) is 3.01. The highest BCUT2D eigenvalue weighted by Crippen LogP contribution is 2.55. The molecular weight excluding hydrogens is 359 g/mol. The molecule has 0 saturated carbocycles. The number of ether oxygens (including phenoxy) is 2. The fraction of sp³-hybridized carbons (Fsp3) is 0.533. The molecule has 0 amide bonds. The number of halogens is 6. The summed E-state index contributed by atoms with van der Waals surface area (Å²) in [5.74, 6) is -5.72. The largest absolute Gasteiger partial charge is 0.493 e. The lowest BCUT2D eigenvalue weighted by atomic mass is 9.77. The number of methoxy groups -OCH3 is 1. The van der Waals surface area contributed by atoms with Crippen LogP contribution in [0, 0.1) is 17.6 Å². The number of rotatable bonds is 3. The summed E-state index contributed by atoms with van der Waals surface area (Å²) in [6, 6.07) is 1.82. The Morgan fingerprint density at radius 2 is 1.92 bits per heavy atom. The summed E-state index contributed by atoms with van der Waals surface area (Å²) in [5.41, 5.74) is -2.79. The van der Waals surface area contributed by atoms with Crippen LogP contribution in [0.3, 0.4) is 0 Å². The van der Waals surface area contributed by atoms with E-state index in [1.165, 1.54) is 6.92 Å². The van der Waals surface area contributed by atoms with Gasteiger partial charge in [0, 0.05) is 17.4 Å². The fourth-order valence-corrected chi connectivity index (χ4v) is 3.19. The van der Waals surface area contributed by atoms with Crippen molar-refractivity contribution in [1.82, 2.24) is 0 Å². The van der Waals surface area contributed by atoms with E-state index < -0.39 is 52.3 Å². The molecule has 0 N–H and O–H groups in total. The maximum Gasteiger partial charge on any atom is 0.417 e. The number of alkyl halides is 3. The van der Waals surface area contributed by atoms with Gasteiger partial charge in [0.1, 0.15) is 6.10 Å². The first-order valence-electron chi connectivity index (χ1n) is 6.91. The maximum absolute atomic E-state index is 13.9. The van der Waals surface area contributed by atoms with Crippen molar-refractivity contribution in [2.24, 2.45) is 5.92 Å². The van der Waals surface area contributed by atoms with Crippen LogP contribution in [0.4, 0.5) is 22.0 Å². The van der Waals surface area contributed by atoms with Gasteiger partial charge in [0.2, 0.25) is 5.82 Å². The average molecular weight is 373 g/mol. The normalized spacial score (nSPS) is 30.5. The van der Waals surface area contributed by atoms with Gasteiger partial charge < -0.3 is 9.47 Å². The Balaban J connectivity index is 2.64. The number of hydrogen-bond donors (Lipinski definition) is 0. The molecule has 1 aliphatic heterocycles. The van der Waals surface area contributed by atoms with Crippen LogP contribution in [0.15, 0.2) is 12.1 Å². The first-order chi connectivity index (χ1) is 11.0. The predicted molar refractivity (Wildman–Crippen MR) is 75.0 cm³/mol. The molecule has 1 aromatic rings. The van der Waals surface area contributed by atoms with Crippen molar-refractivity contribution in [1.29, 1.82) is 0 Å². The van der Waals surface area contributed by atoms with Crippen LogP contribution in [0.25, 0.3) is 0 Å². The van der Waals surface area contributed by atoms with Crippen molar-refractivity contribution in [2.75, 3.05) is 7.11 Å². The molecule has 0 radical (unpaired) electrons. The standard InChI is InChI=1S/C15H14ClF5O3/c1-6-9(7-4-5-8(17)10(18)11(7)23-3)12(13(16)22)24-14(6,2)15(19,20)21/h4-6,9,12H,1-3H3. The smallest absolute Gasteiger partial charge is 0.417 e. The summed E-state index contributed by atoms with van der Waals surface area (Å²) in [6.07, 6.45) is -6.47. The molecule has 24 heavy (non-hydrogen) atoms. The maximum atomic E-state index is 13.9. The first kappa shape index (κ1) is 18.9. The van der Waals surface area contributed by atoms with Crippen LogP contribution in [0.1, 0.15) is 25.3 Å². The molecule has 9 heteroatoms. The van der Waals surface area contributed by atoms with Crippen molar-refractivity contribution in [3.05, 3.63) is 29.3 Å². The van der Waals surface area contributed by atoms with E-state index in [0.717, 1.165) is 26.2 Å². The van der Waals surface area contributed by atoms with Gasteiger partial charge in [-0.05, 0) is 24.6 Å². The molecule has 4 atom stereocenters. The Bertz CT molecular complexity index is 663. The molecule has 134 valence electrons. The number of carbonyl (C=O) groups excluding carboxylic acids is 1. The van der Waals surface area contributed by atoms with Crippen molar-refractivity contribution in [3.63, 3.8) is 0 Å². The van der Waals surface area contributed by atoms with Crippen molar-refractivity contribution in [3.8, 4) is 5.75 Å². The van der Waals surface area contributed by atoms with Gasteiger partial charge in [0.25, 0.3) is 5.24 Å². The Labute approximate surface area is 139 Å². The first-order valence-corrected chi connectivity index (χ1v) is 7.29. The van der Waals surface area contributed by atoms with Crippen LogP contribution < -0.4 is 4.74 Å². The monoisotopic (exact) mass is 372 g/mol. The zero-order valence-electron chi connectivity index (χ0n) is 12.9. The molecule has 0 spiro atoms. The molecule has 1 aliphatic rings. The molecule has 1 saturated heterocycles. The van der Waals surface area contributed by atoms with E-state index in [9.17, 15) is 26.7 Å². The van der Waals surface area contributed by atoms with E-state index >= 15 is 0 Å². The summed E-state index contributed by atoms with van der Waals surface area (Å²) < 4.78 is 77.2. The molecule has 3 nitrogen and oxygen atoms in total.